The smallest absolute Gasteiger partial charge is 0.0761 e. The largest absolute Gasteiger partial charge is 0.367 e. The molecule has 1 aliphatic heterocycles. The first-order valence-corrected chi connectivity index (χ1v) is 7.75. The van der Waals surface area contributed by atoms with Crippen molar-refractivity contribution in [2.75, 3.05) is 19.6 Å². The summed E-state index contributed by atoms with van der Waals surface area (Å²) < 4.78 is 6.15. The number of thiophene rings is 1. The zero-order chi connectivity index (χ0) is 14.3. The molecule has 4 heteroatoms. The molecule has 0 spiro atoms. The Morgan fingerprint density at radius 1 is 1.26 bits per heavy atom. The molecule has 0 bridgehead atoms. The van der Waals surface area contributed by atoms with Crippen LogP contribution in [0.15, 0.2) is 12.1 Å². The molecule has 2 N–H and O–H groups in total. The van der Waals surface area contributed by atoms with Crippen molar-refractivity contribution in [1.82, 2.24) is 4.90 Å². The Hall–Kier alpha value is -0.420. The van der Waals surface area contributed by atoms with Gasteiger partial charge in [-0.1, -0.05) is 0 Å². The van der Waals surface area contributed by atoms with E-state index in [9.17, 15) is 0 Å². The second-order valence-electron chi connectivity index (χ2n) is 6.73. The van der Waals surface area contributed by atoms with Crippen molar-refractivity contribution in [1.29, 1.82) is 0 Å². The molecule has 3 nitrogen and oxygen atoms in total. The van der Waals surface area contributed by atoms with Crippen molar-refractivity contribution in [3.63, 3.8) is 0 Å². The zero-order valence-corrected chi connectivity index (χ0v) is 13.5. The number of ether oxygens (including phenoxy) is 1. The van der Waals surface area contributed by atoms with Crippen LogP contribution >= 0.6 is 11.3 Å². The van der Waals surface area contributed by atoms with Gasteiger partial charge in [0.25, 0.3) is 0 Å². The van der Waals surface area contributed by atoms with E-state index in [4.69, 9.17) is 10.5 Å². The number of nitrogens with zero attached hydrogens (tertiary/aromatic N) is 1. The Bertz CT molecular complexity index is 423. The fourth-order valence-electron chi connectivity index (χ4n) is 3.14. The number of rotatable bonds is 3. The molecule has 108 valence electrons. The van der Waals surface area contributed by atoms with Gasteiger partial charge >= 0.3 is 0 Å². The molecule has 0 aliphatic carbocycles. The quantitative estimate of drug-likeness (QED) is 0.926. The van der Waals surface area contributed by atoms with Crippen molar-refractivity contribution in [2.24, 2.45) is 5.73 Å². The summed E-state index contributed by atoms with van der Waals surface area (Å²) in [5, 5.41) is 0. The third kappa shape index (κ3) is 3.57. The maximum atomic E-state index is 6.15. The molecule has 0 saturated carbocycles. The van der Waals surface area contributed by atoms with E-state index in [0.717, 1.165) is 13.1 Å². The van der Waals surface area contributed by atoms with Crippen molar-refractivity contribution < 1.29 is 4.74 Å². The minimum atomic E-state index is -0.124. The summed E-state index contributed by atoms with van der Waals surface area (Å²) in [5.74, 6) is 0. The maximum Gasteiger partial charge on any atom is 0.0761 e. The Morgan fingerprint density at radius 3 is 2.26 bits per heavy atom. The van der Waals surface area contributed by atoms with Crippen LogP contribution < -0.4 is 5.73 Å². The fourth-order valence-corrected chi connectivity index (χ4v) is 4.17. The molecule has 1 saturated heterocycles. The number of nitrogens with two attached hydrogens (primary N) is 1. The summed E-state index contributed by atoms with van der Waals surface area (Å²) in [7, 11) is 0. The highest BCUT2D eigenvalue weighted by Crippen LogP contribution is 2.35. The lowest BCUT2D eigenvalue weighted by molar-refractivity contribution is -0.187. The Kier molecular flexibility index (Phi) is 4.07. The van der Waals surface area contributed by atoms with E-state index in [1.165, 1.54) is 9.75 Å². The van der Waals surface area contributed by atoms with Crippen LogP contribution in [0, 0.1) is 6.92 Å². The molecular weight excluding hydrogens is 256 g/mol. The van der Waals surface area contributed by atoms with Crippen LogP contribution in [0.5, 0.6) is 0 Å². The molecule has 2 rings (SSSR count). The fraction of sp³-hybridized carbons (Fsp3) is 0.733. The van der Waals surface area contributed by atoms with Gasteiger partial charge in [-0.15, -0.1) is 11.3 Å². The molecule has 0 radical (unpaired) electrons. The zero-order valence-electron chi connectivity index (χ0n) is 12.7. The van der Waals surface area contributed by atoms with Crippen molar-refractivity contribution in [2.45, 2.75) is 51.9 Å². The minimum Gasteiger partial charge on any atom is -0.367 e. The Morgan fingerprint density at radius 2 is 1.84 bits per heavy atom. The third-order valence-electron chi connectivity index (χ3n) is 3.47. The predicted octanol–water partition coefficient (Wildman–Crippen LogP) is 2.95. The number of morpholine rings is 1. The standard InChI is InChI=1S/C15H26N2OS/c1-11-6-7-13(19-11)12(8-16)17-9-14(2,3)18-15(4,5)10-17/h6-7,12H,8-10,16H2,1-5H3. The van der Waals surface area contributed by atoms with Gasteiger partial charge < -0.3 is 10.5 Å². The summed E-state index contributed by atoms with van der Waals surface area (Å²) in [6, 6.07) is 4.70. The van der Waals surface area contributed by atoms with E-state index in [1.54, 1.807) is 0 Å². The number of aryl methyl sites for hydroxylation is 1. The molecule has 1 aliphatic rings. The van der Waals surface area contributed by atoms with Crippen LogP contribution in [0.4, 0.5) is 0 Å². The summed E-state index contributed by atoms with van der Waals surface area (Å²) in [5.41, 5.74) is 5.80. The van der Waals surface area contributed by atoms with Gasteiger partial charge in [0.2, 0.25) is 0 Å². The first-order chi connectivity index (χ1) is 8.72. The molecule has 1 aromatic rings. The lowest BCUT2D eigenvalue weighted by Crippen LogP contribution is -2.58. The number of hydrogen-bond acceptors (Lipinski definition) is 4. The van der Waals surface area contributed by atoms with E-state index in [1.807, 2.05) is 11.3 Å². The van der Waals surface area contributed by atoms with Crippen LogP contribution in [-0.4, -0.2) is 35.7 Å². The van der Waals surface area contributed by atoms with Crippen molar-refractivity contribution in [3.05, 3.63) is 21.9 Å². The summed E-state index contributed by atoms with van der Waals surface area (Å²) in [4.78, 5) is 5.20. The van der Waals surface area contributed by atoms with E-state index < -0.39 is 0 Å². The van der Waals surface area contributed by atoms with Gasteiger partial charge in [-0.05, 0) is 46.8 Å². The van der Waals surface area contributed by atoms with Crippen LogP contribution in [0.25, 0.3) is 0 Å². The first-order valence-electron chi connectivity index (χ1n) is 6.93. The minimum absolute atomic E-state index is 0.124. The maximum absolute atomic E-state index is 6.15. The van der Waals surface area contributed by atoms with E-state index in [2.05, 4.69) is 51.7 Å². The van der Waals surface area contributed by atoms with E-state index in [0.29, 0.717) is 12.6 Å². The predicted molar refractivity (Wildman–Crippen MR) is 81.7 cm³/mol. The topological polar surface area (TPSA) is 38.5 Å². The second-order valence-corrected chi connectivity index (χ2v) is 8.05. The van der Waals surface area contributed by atoms with Gasteiger partial charge in [0, 0.05) is 29.4 Å². The third-order valence-corrected chi connectivity index (χ3v) is 4.58. The summed E-state index contributed by atoms with van der Waals surface area (Å²) in [6.45, 7) is 13.3. The molecule has 2 heterocycles. The van der Waals surface area contributed by atoms with Crippen LogP contribution in [0.1, 0.15) is 43.5 Å². The van der Waals surface area contributed by atoms with Gasteiger partial charge in [-0.2, -0.15) is 0 Å². The molecule has 1 fully saturated rings. The Balaban J connectivity index is 2.23. The highest BCUT2D eigenvalue weighted by molar-refractivity contribution is 7.12. The van der Waals surface area contributed by atoms with E-state index >= 15 is 0 Å². The van der Waals surface area contributed by atoms with Gasteiger partial charge in [0.1, 0.15) is 0 Å². The second kappa shape index (κ2) is 5.17. The lowest BCUT2D eigenvalue weighted by Gasteiger charge is -2.49. The molecule has 0 aromatic carbocycles. The van der Waals surface area contributed by atoms with Crippen LogP contribution in [0.3, 0.4) is 0 Å². The average Bonchev–Trinajstić information content (AvgIpc) is 2.61. The van der Waals surface area contributed by atoms with Crippen LogP contribution in [0.2, 0.25) is 0 Å². The van der Waals surface area contributed by atoms with Gasteiger partial charge in [-0.3, -0.25) is 4.90 Å². The summed E-state index contributed by atoms with van der Waals surface area (Å²) >= 11 is 1.85. The molecule has 1 aromatic heterocycles. The SMILES string of the molecule is Cc1ccc(C(CN)N2CC(C)(C)OC(C)(C)C2)s1. The summed E-state index contributed by atoms with van der Waals surface area (Å²) in [6.07, 6.45) is 0. The van der Waals surface area contributed by atoms with Gasteiger partial charge in [-0.25, -0.2) is 0 Å². The molecule has 1 unspecified atom stereocenters. The normalized spacial score (nSPS) is 24.3. The van der Waals surface area contributed by atoms with E-state index in [-0.39, 0.29) is 11.2 Å². The van der Waals surface area contributed by atoms with Crippen molar-refractivity contribution >= 4 is 11.3 Å². The molecule has 19 heavy (non-hydrogen) atoms. The highest BCUT2D eigenvalue weighted by atomic mass is 32.1. The molecular formula is C15H26N2OS. The first kappa shape index (κ1) is 15.0. The Labute approximate surface area is 120 Å². The van der Waals surface area contributed by atoms with Crippen LogP contribution in [-0.2, 0) is 4.74 Å². The van der Waals surface area contributed by atoms with Gasteiger partial charge in [0.15, 0.2) is 0 Å². The highest BCUT2D eigenvalue weighted by Gasteiger charge is 2.40. The monoisotopic (exact) mass is 282 g/mol. The average molecular weight is 282 g/mol. The number of hydrogen-bond donors (Lipinski definition) is 1. The van der Waals surface area contributed by atoms with Crippen molar-refractivity contribution in [3.8, 4) is 0 Å². The molecule has 1 atom stereocenters. The van der Waals surface area contributed by atoms with Gasteiger partial charge in [0.05, 0.1) is 17.2 Å². The molecule has 0 amide bonds. The lowest BCUT2D eigenvalue weighted by atomic mass is 9.97.